The van der Waals surface area contributed by atoms with Crippen molar-refractivity contribution in [1.82, 2.24) is 14.6 Å². The topological polar surface area (TPSA) is 59.3 Å². The Labute approximate surface area is 161 Å². The van der Waals surface area contributed by atoms with Crippen LogP contribution < -0.4 is 5.32 Å². The molecule has 0 aliphatic carbocycles. The van der Waals surface area contributed by atoms with Crippen molar-refractivity contribution in [3.63, 3.8) is 0 Å². The van der Waals surface area contributed by atoms with Crippen molar-refractivity contribution >= 4 is 40.6 Å². The maximum atomic E-state index is 13.0. The van der Waals surface area contributed by atoms with E-state index in [1.165, 1.54) is 0 Å². The van der Waals surface area contributed by atoms with Crippen LogP contribution in [0.3, 0.4) is 0 Å². The minimum Gasteiger partial charge on any atom is -0.325 e. The van der Waals surface area contributed by atoms with Gasteiger partial charge in [-0.25, -0.2) is 0 Å². The molecule has 0 fully saturated rings. The molecule has 1 aromatic carbocycles. The Morgan fingerprint density at radius 1 is 1.30 bits per heavy atom. The number of benzene rings is 1. The molecule has 142 valence electrons. The number of nitrogens with one attached hydrogen (secondary N) is 1. The highest BCUT2D eigenvalue weighted by atomic mass is 35.5. The molecule has 3 rings (SSSR count). The molecular formula is C17H14ClF3N4OS. The van der Waals surface area contributed by atoms with E-state index in [1.807, 2.05) is 26.0 Å². The number of alkyl halides is 3. The summed E-state index contributed by atoms with van der Waals surface area (Å²) in [6, 6.07) is 6.35. The van der Waals surface area contributed by atoms with E-state index in [2.05, 4.69) is 15.5 Å². The SMILES string of the molecule is Cc1cccc(NC(=O)CSc2nnc3c(Cl)cc(C(F)(F)F)cn23)c1C. The highest BCUT2D eigenvalue weighted by Crippen LogP contribution is 2.33. The van der Waals surface area contributed by atoms with Gasteiger partial charge in [-0.15, -0.1) is 10.2 Å². The number of thioether (sulfide) groups is 1. The normalized spacial score (nSPS) is 11.8. The van der Waals surface area contributed by atoms with Gasteiger partial charge in [0.1, 0.15) is 0 Å². The van der Waals surface area contributed by atoms with Crippen LogP contribution in [-0.4, -0.2) is 26.3 Å². The minimum absolute atomic E-state index is 0.0396. The van der Waals surface area contributed by atoms with Gasteiger partial charge in [-0.1, -0.05) is 35.5 Å². The van der Waals surface area contributed by atoms with Crippen LogP contribution in [0.2, 0.25) is 5.02 Å². The number of rotatable bonds is 4. The molecule has 0 unspecified atom stereocenters. The van der Waals surface area contributed by atoms with Crippen LogP contribution in [0.25, 0.3) is 5.65 Å². The highest BCUT2D eigenvalue weighted by molar-refractivity contribution is 7.99. The standard InChI is InChI=1S/C17H14ClF3N4OS/c1-9-4-3-5-13(10(9)2)22-14(26)8-27-16-24-23-15-12(18)6-11(7-25(15)16)17(19,20)21/h3-7H,8H2,1-2H3,(H,22,26). The lowest BCUT2D eigenvalue weighted by atomic mass is 10.1. The minimum atomic E-state index is -4.55. The van der Waals surface area contributed by atoms with Crippen molar-refractivity contribution in [3.05, 3.63) is 52.2 Å². The first-order valence-electron chi connectivity index (χ1n) is 7.77. The summed E-state index contributed by atoms with van der Waals surface area (Å²) in [4.78, 5) is 12.2. The van der Waals surface area contributed by atoms with Crippen molar-refractivity contribution in [2.75, 3.05) is 11.1 Å². The zero-order chi connectivity index (χ0) is 19.8. The smallest absolute Gasteiger partial charge is 0.325 e. The number of amides is 1. The number of hydrogen-bond acceptors (Lipinski definition) is 4. The van der Waals surface area contributed by atoms with E-state index in [1.54, 1.807) is 6.07 Å². The third-order valence-corrected chi connectivity index (χ3v) is 5.19. The zero-order valence-electron chi connectivity index (χ0n) is 14.3. The third-order valence-electron chi connectivity index (χ3n) is 3.97. The molecule has 0 spiro atoms. The summed E-state index contributed by atoms with van der Waals surface area (Å²) in [5.41, 5.74) is 1.86. The molecule has 0 aliphatic rings. The first kappa shape index (κ1) is 19.5. The van der Waals surface area contributed by atoms with Gasteiger partial charge < -0.3 is 5.32 Å². The molecular weight excluding hydrogens is 401 g/mol. The first-order valence-corrected chi connectivity index (χ1v) is 9.13. The summed E-state index contributed by atoms with van der Waals surface area (Å²) in [5.74, 6) is -0.342. The Morgan fingerprint density at radius 2 is 2.04 bits per heavy atom. The predicted octanol–water partition coefficient (Wildman–Crippen LogP) is 4.75. The van der Waals surface area contributed by atoms with Crippen LogP contribution in [0.4, 0.5) is 18.9 Å². The molecule has 0 radical (unpaired) electrons. The average Bonchev–Trinajstić information content (AvgIpc) is 3.00. The van der Waals surface area contributed by atoms with Gasteiger partial charge in [-0.2, -0.15) is 13.2 Å². The molecule has 10 heteroatoms. The summed E-state index contributed by atoms with van der Waals surface area (Å²) in [7, 11) is 0. The lowest BCUT2D eigenvalue weighted by molar-refractivity contribution is -0.137. The quantitative estimate of drug-likeness (QED) is 0.626. The summed E-state index contributed by atoms with van der Waals surface area (Å²) < 4.78 is 40.1. The second-order valence-corrected chi connectivity index (χ2v) is 7.18. The fourth-order valence-corrected chi connectivity index (χ4v) is 3.35. The van der Waals surface area contributed by atoms with Gasteiger partial charge in [-0.3, -0.25) is 9.20 Å². The maximum absolute atomic E-state index is 13.0. The van der Waals surface area contributed by atoms with Crippen LogP contribution >= 0.6 is 23.4 Å². The van der Waals surface area contributed by atoms with Gasteiger partial charge >= 0.3 is 6.18 Å². The molecule has 2 heterocycles. The maximum Gasteiger partial charge on any atom is 0.417 e. The number of halogens is 4. The predicted molar refractivity (Wildman–Crippen MR) is 98.3 cm³/mol. The fraction of sp³-hybridized carbons (Fsp3) is 0.235. The Bertz CT molecular complexity index is 1020. The van der Waals surface area contributed by atoms with E-state index in [4.69, 9.17) is 11.6 Å². The number of aromatic nitrogens is 3. The highest BCUT2D eigenvalue weighted by Gasteiger charge is 2.32. The molecule has 0 aliphatic heterocycles. The van der Waals surface area contributed by atoms with Crippen LogP contribution in [0.1, 0.15) is 16.7 Å². The molecule has 0 saturated heterocycles. The van der Waals surface area contributed by atoms with Gasteiger partial charge in [0.2, 0.25) is 5.91 Å². The van der Waals surface area contributed by atoms with Gasteiger partial charge in [0.05, 0.1) is 16.3 Å². The van der Waals surface area contributed by atoms with Crippen LogP contribution in [0.5, 0.6) is 0 Å². The van der Waals surface area contributed by atoms with E-state index >= 15 is 0 Å². The monoisotopic (exact) mass is 414 g/mol. The van der Waals surface area contributed by atoms with E-state index in [9.17, 15) is 18.0 Å². The number of carbonyl (C=O) groups excluding carboxylic acids is 1. The van der Waals surface area contributed by atoms with E-state index in [-0.39, 0.29) is 27.5 Å². The molecule has 2 aromatic heterocycles. The largest absolute Gasteiger partial charge is 0.417 e. The molecule has 0 bridgehead atoms. The Balaban J connectivity index is 1.78. The molecule has 1 amide bonds. The van der Waals surface area contributed by atoms with Gasteiger partial charge in [-0.05, 0) is 37.1 Å². The summed E-state index contributed by atoms with van der Waals surface area (Å²) in [6.07, 6.45) is -3.68. The lowest BCUT2D eigenvalue weighted by Crippen LogP contribution is -2.15. The average molecular weight is 415 g/mol. The first-order chi connectivity index (χ1) is 12.7. The van der Waals surface area contributed by atoms with Crippen molar-refractivity contribution < 1.29 is 18.0 Å². The summed E-state index contributed by atoms with van der Waals surface area (Å²) >= 11 is 6.85. The van der Waals surface area contributed by atoms with Gasteiger partial charge in [0.25, 0.3) is 0 Å². The summed E-state index contributed by atoms with van der Waals surface area (Å²) in [5, 5.41) is 10.4. The Kier molecular flexibility index (Phi) is 5.34. The third kappa shape index (κ3) is 4.19. The van der Waals surface area contributed by atoms with Crippen molar-refractivity contribution in [2.45, 2.75) is 25.2 Å². The Morgan fingerprint density at radius 3 is 2.74 bits per heavy atom. The van der Waals surface area contributed by atoms with E-state index in [0.717, 1.165) is 39.6 Å². The summed E-state index contributed by atoms with van der Waals surface area (Å²) in [6.45, 7) is 3.83. The van der Waals surface area contributed by atoms with Crippen molar-refractivity contribution in [1.29, 1.82) is 0 Å². The number of pyridine rings is 1. The number of aryl methyl sites for hydroxylation is 1. The van der Waals surface area contributed by atoms with Crippen LogP contribution in [0, 0.1) is 13.8 Å². The Hall–Kier alpha value is -2.26. The van der Waals surface area contributed by atoms with Crippen molar-refractivity contribution in [2.24, 2.45) is 0 Å². The van der Waals surface area contributed by atoms with Gasteiger partial charge in [0, 0.05) is 11.9 Å². The number of hydrogen-bond donors (Lipinski definition) is 1. The van der Waals surface area contributed by atoms with Crippen LogP contribution in [-0.2, 0) is 11.0 Å². The number of carbonyl (C=O) groups is 1. The molecule has 27 heavy (non-hydrogen) atoms. The fourth-order valence-electron chi connectivity index (χ4n) is 2.39. The number of anilines is 1. The second kappa shape index (κ2) is 7.40. The molecule has 5 nitrogen and oxygen atoms in total. The number of fused-ring (bicyclic) bond motifs is 1. The lowest BCUT2D eigenvalue weighted by Gasteiger charge is -2.10. The molecule has 0 atom stereocenters. The second-order valence-electron chi connectivity index (χ2n) is 5.83. The molecule has 3 aromatic rings. The molecule has 1 N–H and O–H groups in total. The van der Waals surface area contributed by atoms with E-state index in [0.29, 0.717) is 5.69 Å². The van der Waals surface area contributed by atoms with Crippen LogP contribution in [0.15, 0.2) is 35.6 Å². The van der Waals surface area contributed by atoms with Gasteiger partial charge in [0.15, 0.2) is 10.8 Å². The molecule has 0 saturated carbocycles. The zero-order valence-corrected chi connectivity index (χ0v) is 15.8. The number of nitrogens with zero attached hydrogens (tertiary/aromatic N) is 3. The van der Waals surface area contributed by atoms with E-state index < -0.39 is 11.7 Å². The van der Waals surface area contributed by atoms with Crippen molar-refractivity contribution in [3.8, 4) is 0 Å².